The van der Waals surface area contributed by atoms with E-state index in [4.69, 9.17) is 4.74 Å². The molecule has 0 spiro atoms. The molecule has 0 bridgehead atoms. The Bertz CT molecular complexity index is 699. The lowest BCUT2D eigenvalue weighted by atomic mass is 10.0. The first-order chi connectivity index (χ1) is 11.6. The van der Waals surface area contributed by atoms with Gasteiger partial charge in [-0.3, -0.25) is 19.4 Å². The third kappa shape index (κ3) is 3.44. The van der Waals surface area contributed by atoms with Crippen molar-refractivity contribution in [3.05, 3.63) is 41.7 Å². The first-order valence-corrected chi connectivity index (χ1v) is 7.93. The van der Waals surface area contributed by atoms with Crippen molar-refractivity contribution in [2.75, 3.05) is 26.7 Å². The van der Waals surface area contributed by atoms with E-state index in [-0.39, 0.29) is 18.1 Å². The minimum absolute atomic E-state index is 0.0376. The van der Waals surface area contributed by atoms with Crippen LogP contribution in [0.4, 0.5) is 0 Å². The van der Waals surface area contributed by atoms with E-state index < -0.39 is 0 Å². The number of rotatable bonds is 4. The van der Waals surface area contributed by atoms with Crippen molar-refractivity contribution in [1.82, 2.24) is 30.0 Å². The van der Waals surface area contributed by atoms with Gasteiger partial charge in [0.1, 0.15) is 5.69 Å². The van der Waals surface area contributed by atoms with Crippen LogP contribution in [0.1, 0.15) is 27.9 Å². The fraction of sp³-hybridized carbons (Fsp3) is 0.500. The number of aryl methyl sites for hydroxylation is 2. The number of carbonyl (C=O) groups excluding carboxylic acids is 1. The molecule has 24 heavy (non-hydrogen) atoms. The van der Waals surface area contributed by atoms with Crippen LogP contribution in [0.15, 0.2) is 24.7 Å². The zero-order valence-electron chi connectivity index (χ0n) is 14.1. The summed E-state index contributed by atoms with van der Waals surface area (Å²) in [4.78, 5) is 22.7. The van der Waals surface area contributed by atoms with E-state index >= 15 is 0 Å². The van der Waals surface area contributed by atoms with E-state index in [9.17, 15) is 4.79 Å². The molecule has 3 heterocycles. The van der Waals surface area contributed by atoms with Gasteiger partial charge in [-0.15, -0.1) is 0 Å². The maximum atomic E-state index is 12.2. The molecule has 1 N–H and O–H groups in total. The van der Waals surface area contributed by atoms with Crippen LogP contribution in [0.5, 0.6) is 0 Å². The Morgan fingerprint density at radius 1 is 1.38 bits per heavy atom. The van der Waals surface area contributed by atoms with Gasteiger partial charge in [-0.25, -0.2) is 4.98 Å². The molecule has 0 saturated carbocycles. The quantitative estimate of drug-likeness (QED) is 0.869. The molecule has 0 radical (unpaired) electrons. The second kappa shape index (κ2) is 7.06. The Balaban J connectivity index is 1.69. The zero-order valence-corrected chi connectivity index (χ0v) is 14.1. The van der Waals surface area contributed by atoms with Crippen molar-refractivity contribution in [2.24, 2.45) is 7.05 Å². The number of nitrogens with zero attached hydrogens (tertiary/aromatic N) is 5. The van der Waals surface area contributed by atoms with E-state index in [2.05, 4.69) is 32.3 Å². The van der Waals surface area contributed by atoms with Gasteiger partial charge in [0, 0.05) is 32.5 Å². The summed E-state index contributed by atoms with van der Waals surface area (Å²) in [6.07, 6.45) is 4.69. The van der Waals surface area contributed by atoms with Crippen molar-refractivity contribution in [1.29, 1.82) is 0 Å². The predicted octanol–water partition coefficient (Wildman–Crippen LogP) is 0.320. The molecule has 2 aromatic rings. The van der Waals surface area contributed by atoms with E-state index in [1.807, 2.05) is 24.7 Å². The maximum absolute atomic E-state index is 12.2. The minimum Gasteiger partial charge on any atom is -0.373 e. The van der Waals surface area contributed by atoms with Gasteiger partial charge in [0.2, 0.25) is 0 Å². The van der Waals surface area contributed by atoms with E-state index in [1.165, 1.54) is 6.20 Å². The van der Waals surface area contributed by atoms with E-state index in [0.717, 1.165) is 17.9 Å². The molecule has 8 heteroatoms. The van der Waals surface area contributed by atoms with Crippen molar-refractivity contribution in [3.63, 3.8) is 0 Å². The molecule has 1 fully saturated rings. The van der Waals surface area contributed by atoms with Crippen molar-refractivity contribution in [2.45, 2.75) is 19.1 Å². The lowest BCUT2D eigenvalue weighted by Gasteiger charge is -2.39. The van der Waals surface area contributed by atoms with Gasteiger partial charge in [0.05, 0.1) is 36.3 Å². The lowest BCUT2D eigenvalue weighted by Crippen LogP contribution is -2.49. The number of likely N-dealkylation sites (N-methyl/N-ethyl adjacent to an activating group) is 1. The molecule has 2 atom stereocenters. The molecule has 8 nitrogen and oxygen atoms in total. The number of carbonyl (C=O) groups is 1. The van der Waals surface area contributed by atoms with Gasteiger partial charge in [-0.1, -0.05) is 0 Å². The van der Waals surface area contributed by atoms with Gasteiger partial charge < -0.3 is 10.1 Å². The fourth-order valence-electron chi connectivity index (χ4n) is 2.92. The first kappa shape index (κ1) is 16.5. The monoisotopic (exact) mass is 330 g/mol. The lowest BCUT2D eigenvalue weighted by molar-refractivity contribution is -0.0629. The Morgan fingerprint density at radius 2 is 2.21 bits per heavy atom. The van der Waals surface area contributed by atoms with Crippen LogP contribution < -0.4 is 5.32 Å². The second-order valence-electron chi connectivity index (χ2n) is 5.97. The molecule has 1 amide bonds. The molecule has 3 rings (SSSR count). The van der Waals surface area contributed by atoms with Crippen molar-refractivity contribution < 1.29 is 9.53 Å². The van der Waals surface area contributed by atoms with Crippen LogP contribution in [0, 0.1) is 6.92 Å². The fourth-order valence-corrected chi connectivity index (χ4v) is 2.92. The van der Waals surface area contributed by atoms with Gasteiger partial charge in [-0.2, -0.15) is 5.10 Å². The molecule has 1 aliphatic heterocycles. The molecule has 2 aromatic heterocycles. The number of aromatic nitrogens is 4. The summed E-state index contributed by atoms with van der Waals surface area (Å²) >= 11 is 0. The summed E-state index contributed by atoms with van der Waals surface area (Å²) in [6.45, 7) is 3.70. The minimum atomic E-state index is -0.247. The summed E-state index contributed by atoms with van der Waals surface area (Å²) < 4.78 is 7.76. The maximum Gasteiger partial charge on any atom is 0.271 e. The summed E-state index contributed by atoms with van der Waals surface area (Å²) in [5.41, 5.74) is 2.15. The number of ether oxygens (including phenoxy) is 1. The first-order valence-electron chi connectivity index (χ1n) is 7.93. The highest BCUT2D eigenvalue weighted by molar-refractivity contribution is 5.91. The van der Waals surface area contributed by atoms with Crippen molar-refractivity contribution >= 4 is 5.91 Å². The predicted molar refractivity (Wildman–Crippen MR) is 87.4 cm³/mol. The number of hydrogen-bond acceptors (Lipinski definition) is 6. The third-order valence-corrected chi connectivity index (χ3v) is 4.24. The summed E-state index contributed by atoms with van der Waals surface area (Å²) in [6, 6.07) is 2.02. The van der Waals surface area contributed by atoms with Gasteiger partial charge in [0.25, 0.3) is 5.91 Å². The Morgan fingerprint density at radius 3 is 2.88 bits per heavy atom. The summed E-state index contributed by atoms with van der Waals surface area (Å²) in [5.74, 6) is -0.247. The van der Waals surface area contributed by atoms with Crippen LogP contribution in [0.25, 0.3) is 0 Å². The van der Waals surface area contributed by atoms with Crippen molar-refractivity contribution in [3.8, 4) is 0 Å². The highest BCUT2D eigenvalue weighted by Crippen LogP contribution is 2.27. The van der Waals surface area contributed by atoms with Crippen LogP contribution in [0.3, 0.4) is 0 Å². The largest absolute Gasteiger partial charge is 0.373 e. The Kier molecular flexibility index (Phi) is 4.86. The highest BCUT2D eigenvalue weighted by Gasteiger charge is 2.33. The highest BCUT2D eigenvalue weighted by atomic mass is 16.5. The SMILES string of the molecule is Cc1cnc(C(=O)NC[C@@H]2OCCN(C)[C@H]2c2ccnn2C)cn1. The molecule has 1 saturated heterocycles. The molecule has 0 unspecified atom stereocenters. The van der Waals surface area contributed by atoms with Crippen LogP contribution >= 0.6 is 0 Å². The van der Waals surface area contributed by atoms with E-state index in [0.29, 0.717) is 18.8 Å². The second-order valence-corrected chi connectivity index (χ2v) is 5.97. The summed E-state index contributed by atoms with van der Waals surface area (Å²) in [5, 5.41) is 7.14. The molecular formula is C16H22N6O2. The van der Waals surface area contributed by atoms with Gasteiger partial charge >= 0.3 is 0 Å². The molecule has 1 aliphatic rings. The normalized spacial score (nSPS) is 21.6. The Hall–Kier alpha value is -2.32. The standard InChI is InChI=1S/C16H22N6O2/c1-11-8-18-12(9-17-11)16(23)19-10-14-15(21(2)6-7-24-14)13-4-5-20-22(13)3/h4-5,8-9,14-15H,6-7,10H2,1-3H3,(H,19,23)/t14-,15-/m0/s1. The van der Waals surface area contributed by atoms with E-state index in [1.54, 1.807) is 12.4 Å². The van der Waals surface area contributed by atoms with Gasteiger partial charge in [-0.05, 0) is 20.0 Å². The topological polar surface area (TPSA) is 85.2 Å². The molecule has 0 aromatic carbocycles. The van der Waals surface area contributed by atoms with Crippen LogP contribution in [-0.4, -0.2) is 63.4 Å². The molecule has 128 valence electrons. The third-order valence-electron chi connectivity index (χ3n) is 4.24. The number of hydrogen-bond donors (Lipinski definition) is 1. The van der Waals surface area contributed by atoms with Gasteiger partial charge in [0.15, 0.2) is 0 Å². The number of nitrogens with one attached hydrogen (secondary N) is 1. The van der Waals surface area contributed by atoms with Crippen LogP contribution in [0.2, 0.25) is 0 Å². The average Bonchev–Trinajstić information content (AvgIpc) is 2.99. The average molecular weight is 330 g/mol. The Labute approximate surface area is 140 Å². The van der Waals surface area contributed by atoms with Crippen LogP contribution in [-0.2, 0) is 11.8 Å². The molecule has 0 aliphatic carbocycles. The number of morpholine rings is 1. The summed E-state index contributed by atoms with van der Waals surface area (Å²) in [7, 11) is 3.97. The molecular weight excluding hydrogens is 308 g/mol. The zero-order chi connectivity index (χ0) is 17.1. The smallest absolute Gasteiger partial charge is 0.271 e. The number of amides is 1.